The molecule has 1 amide bonds. The van der Waals surface area contributed by atoms with Gasteiger partial charge in [-0.3, -0.25) is 9.78 Å². The van der Waals surface area contributed by atoms with Crippen LogP contribution in [0.3, 0.4) is 0 Å². The Kier molecular flexibility index (Phi) is 4.65. The smallest absolute Gasteiger partial charge is 0.254 e. The van der Waals surface area contributed by atoms with Crippen molar-refractivity contribution >= 4 is 16.8 Å². The molecule has 1 fully saturated rings. The van der Waals surface area contributed by atoms with Crippen LogP contribution in [-0.2, 0) is 0 Å². The van der Waals surface area contributed by atoms with Crippen LogP contribution in [0.2, 0.25) is 0 Å². The minimum Gasteiger partial charge on any atom is -0.338 e. The molecule has 1 aromatic carbocycles. The zero-order valence-electron chi connectivity index (χ0n) is 16.1. The summed E-state index contributed by atoms with van der Waals surface area (Å²) >= 11 is 0. The van der Waals surface area contributed by atoms with Gasteiger partial charge in [0, 0.05) is 36.4 Å². The van der Waals surface area contributed by atoms with Gasteiger partial charge in [0.15, 0.2) is 0 Å². The Bertz CT molecular complexity index is 974. The number of likely N-dealkylation sites (tertiary alicyclic amines) is 1. The molecule has 0 N–H and O–H groups in total. The first kappa shape index (κ1) is 17.7. The van der Waals surface area contributed by atoms with Gasteiger partial charge in [-0.1, -0.05) is 32.0 Å². The van der Waals surface area contributed by atoms with Crippen molar-refractivity contribution in [3.8, 4) is 11.3 Å². The Morgan fingerprint density at radius 2 is 1.89 bits per heavy atom. The lowest BCUT2D eigenvalue weighted by Crippen LogP contribution is -2.42. The van der Waals surface area contributed by atoms with E-state index in [0.717, 1.165) is 46.4 Å². The topological polar surface area (TPSA) is 46.1 Å². The second kappa shape index (κ2) is 7.10. The Hall–Kier alpha value is -2.75. The summed E-state index contributed by atoms with van der Waals surface area (Å²) in [6.45, 7) is 8.14. The number of carbonyl (C=O) groups is 1. The highest BCUT2D eigenvalue weighted by Gasteiger charge is 2.27. The average Bonchev–Trinajstić information content (AvgIpc) is 2.67. The molecule has 2 atom stereocenters. The van der Waals surface area contributed by atoms with Crippen molar-refractivity contribution in [1.29, 1.82) is 0 Å². The maximum absolute atomic E-state index is 13.5. The standard InChI is InChI=1S/C23H25N3O/c1-15-10-16(2)14-26(13-15)23(27)20-11-21(18-7-5-9-24-12-18)25-22-17(3)6-4-8-19(20)22/h4-9,11-12,15-16H,10,13-14H2,1-3H3/t15-,16+. The van der Waals surface area contributed by atoms with Gasteiger partial charge < -0.3 is 4.90 Å². The second-order valence-corrected chi connectivity index (χ2v) is 7.92. The van der Waals surface area contributed by atoms with Gasteiger partial charge in [-0.15, -0.1) is 0 Å². The van der Waals surface area contributed by atoms with Crippen molar-refractivity contribution in [2.75, 3.05) is 13.1 Å². The lowest BCUT2D eigenvalue weighted by atomic mass is 9.91. The molecule has 3 heterocycles. The van der Waals surface area contributed by atoms with Crippen LogP contribution in [0.4, 0.5) is 0 Å². The van der Waals surface area contributed by atoms with E-state index in [9.17, 15) is 4.79 Å². The highest BCUT2D eigenvalue weighted by Crippen LogP contribution is 2.29. The van der Waals surface area contributed by atoms with Gasteiger partial charge in [0.25, 0.3) is 5.91 Å². The summed E-state index contributed by atoms with van der Waals surface area (Å²) in [7, 11) is 0. The summed E-state index contributed by atoms with van der Waals surface area (Å²) in [5.74, 6) is 1.17. The van der Waals surface area contributed by atoms with Crippen LogP contribution in [0, 0.1) is 18.8 Å². The molecule has 4 rings (SSSR count). The van der Waals surface area contributed by atoms with Gasteiger partial charge in [0.05, 0.1) is 16.8 Å². The lowest BCUT2D eigenvalue weighted by Gasteiger charge is -2.35. The third-order valence-corrected chi connectivity index (χ3v) is 5.39. The molecular formula is C23H25N3O. The fraction of sp³-hybridized carbons (Fsp3) is 0.348. The molecule has 0 radical (unpaired) electrons. The van der Waals surface area contributed by atoms with E-state index in [1.54, 1.807) is 12.4 Å². The van der Waals surface area contributed by atoms with E-state index in [4.69, 9.17) is 4.98 Å². The molecular weight excluding hydrogens is 334 g/mol. The van der Waals surface area contributed by atoms with Gasteiger partial charge >= 0.3 is 0 Å². The molecule has 1 saturated heterocycles. The first-order chi connectivity index (χ1) is 13.0. The Morgan fingerprint density at radius 3 is 2.59 bits per heavy atom. The summed E-state index contributed by atoms with van der Waals surface area (Å²) in [4.78, 5) is 24.6. The van der Waals surface area contributed by atoms with Gasteiger partial charge in [-0.2, -0.15) is 0 Å². The predicted octanol–water partition coefficient (Wildman–Crippen LogP) is 4.72. The van der Waals surface area contributed by atoms with Crippen molar-refractivity contribution in [1.82, 2.24) is 14.9 Å². The normalized spacial score (nSPS) is 20.0. The highest BCUT2D eigenvalue weighted by molar-refractivity contribution is 6.07. The van der Waals surface area contributed by atoms with Crippen molar-refractivity contribution in [2.24, 2.45) is 11.8 Å². The SMILES string of the molecule is Cc1cccc2c(C(=O)N3C[C@H](C)C[C@H](C)C3)cc(-c3cccnc3)nc12. The molecule has 4 heteroatoms. The number of amides is 1. The molecule has 2 aromatic heterocycles. The number of carbonyl (C=O) groups excluding carboxylic acids is 1. The van der Waals surface area contributed by atoms with E-state index in [1.807, 2.05) is 48.2 Å². The summed E-state index contributed by atoms with van der Waals surface area (Å²) in [5.41, 5.74) is 4.43. The van der Waals surface area contributed by atoms with Crippen molar-refractivity contribution in [2.45, 2.75) is 27.2 Å². The molecule has 0 saturated carbocycles. The van der Waals surface area contributed by atoms with E-state index in [0.29, 0.717) is 11.8 Å². The number of pyridine rings is 2. The third kappa shape index (κ3) is 3.44. The van der Waals surface area contributed by atoms with Gasteiger partial charge in [0.2, 0.25) is 0 Å². The second-order valence-electron chi connectivity index (χ2n) is 7.92. The minimum atomic E-state index is 0.108. The number of para-hydroxylation sites is 1. The van der Waals surface area contributed by atoms with Crippen LogP contribution in [0.1, 0.15) is 36.2 Å². The molecule has 138 valence electrons. The number of fused-ring (bicyclic) bond motifs is 1. The van der Waals surface area contributed by atoms with Gasteiger partial charge in [-0.05, 0) is 48.9 Å². The molecule has 0 aliphatic carbocycles. The van der Waals surface area contributed by atoms with E-state index >= 15 is 0 Å². The van der Waals surface area contributed by atoms with E-state index in [-0.39, 0.29) is 5.91 Å². The summed E-state index contributed by atoms with van der Waals surface area (Å²) in [6, 6.07) is 11.9. The third-order valence-electron chi connectivity index (χ3n) is 5.39. The summed E-state index contributed by atoms with van der Waals surface area (Å²) in [5, 5.41) is 0.929. The number of piperidine rings is 1. The fourth-order valence-corrected chi connectivity index (χ4v) is 4.23. The Labute approximate surface area is 160 Å². The maximum Gasteiger partial charge on any atom is 0.254 e. The monoisotopic (exact) mass is 359 g/mol. The van der Waals surface area contributed by atoms with E-state index in [2.05, 4.69) is 18.8 Å². The van der Waals surface area contributed by atoms with E-state index < -0.39 is 0 Å². The zero-order valence-corrected chi connectivity index (χ0v) is 16.1. The van der Waals surface area contributed by atoms with Crippen LogP contribution in [0.25, 0.3) is 22.2 Å². The van der Waals surface area contributed by atoms with E-state index in [1.165, 1.54) is 6.42 Å². The number of aryl methyl sites for hydroxylation is 1. The number of aromatic nitrogens is 2. The Morgan fingerprint density at radius 1 is 1.11 bits per heavy atom. The number of rotatable bonds is 2. The zero-order chi connectivity index (χ0) is 19.0. The van der Waals surface area contributed by atoms with Crippen LogP contribution < -0.4 is 0 Å². The molecule has 0 spiro atoms. The average molecular weight is 359 g/mol. The minimum absolute atomic E-state index is 0.108. The van der Waals surface area contributed by atoms with Crippen LogP contribution in [-0.4, -0.2) is 33.9 Å². The van der Waals surface area contributed by atoms with Crippen molar-refractivity contribution < 1.29 is 4.79 Å². The number of nitrogens with zero attached hydrogens (tertiary/aromatic N) is 3. The molecule has 3 aromatic rings. The van der Waals surface area contributed by atoms with Crippen LogP contribution >= 0.6 is 0 Å². The molecule has 1 aliphatic heterocycles. The first-order valence-corrected chi connectivity index (χ1v) is 9.63. The summed E-state index contributed by atoms with van der Waals surface area (Å²) in [6.07, 6.45) is 4.73. The lowest BCUT2D eigenvalue weighted by molar-refractivity contribution is 0.0625. The maximum atomic E-state index is 13.5. The van der Waals surface area contributed by atoms with Crippen molar-refractivity contribution in [3.63, 3.8) is 0 Å². The molecule has 0 unspecified atom stereocenters. The van der Waals surface area contributed by atoms with Crippen LogP contribution in [0.15, 0.2) is 48.8 Å². The van der Waals surface area contributed by atoms with Crippen molar-refractivity contribution in [3.05, 3.63) is 59.9 Å². The molecule has 1 aliphatic rings. The molecule has 27 heavy (non-hydrogen) atoms. The molecule has 0 bridgehead atoms. The predicted molar refractivity (Wildman–Crippen MR) is 109 cm³/mol. The first-order valence-electron chi connectivity index (χ1n) is 9.63. The Balaban J connectivity index is 1.86. The van der Waals surface area contributed by atoms with Gasteiger partial charge in [0.1, 0.15) is 0 Å². The largest absolute Gasteiger partial charge is 0.338 e. The number of hydrogen-bond acceptors (Lipinski definition) is 3. The fourth-order valence-electron chi connectivity index (χ4n) is 4.23. The molecule has 4 nitrogen and oxygen atoms in total. The highest BCUT2D eigenvalue weighted by atomic mass is 16.2. The summed E-state index contributed by atoms with van der Waals surface area (Å²) < 4.78 is 0. The quantitative estimate of drug-likeness (QED) is 0.665. The number of hydrogen-bond donors (Lipinski definition) is 0. The van der Waals surface area contributed by atoms with Crippen LogP contribution in [0.5, 0.6) is 0 Å². The number of benzene rings is 1. The van der Waals surface area contributed by atoms with Gasteiger partial charge in [-0.25, -0.2) is 4.98 Å².